The zero-order valence-electron chi connectivity index (χ0n) is 11.4. The molecule has 2 aromatic rings. The van der Waals surface area contributed by atoms with Gasteiger partial charge in [-0.15, -0.1) is 11.3 Å². The van der Waals surface area contributed by atoms with Gasteiger partial charge in [-0.1, -0.05) is 15.9 Å². The lowest BCUT2D eigenvalue weighted by Crippen LogP contribution is -2.12. The first-order chi connectivity index (χ1) is 9.87. The highest BCUT2D eigenvalue weighted by Crippen LogP contribution is 2.32. The highest BCUT2D eigenvalue weighted by Gasteiger charge is 2.20. The molecule has 0 aliphatic carbocycles. The molecule has 0 saturated carbocycles. The number of hydrogen-bond acceptors (Lipinski definition) is 5. The fourth-order valence-corrected chi connectivity index (χ4v) is 4.60. The number of hydrogen-bond donors (Lipinski definition) is 2. The second kappa shape index (κ2) is 6.35. The van der Waals surface area contributed by atoms with Gasteiger partial charge >= 0.3 is 0 Å². The number of halogens is 1. The lowest BCUT2D eigenvalue weighted by molar-refractivity contribution is 0.285. The van der Waals surface area contributed by atoms with E-state index in [1.54, 1.807) is 31.2 Å². The van der Waals surface area contributed by atoms with Gasteiger partial charge in [-0.2, -0.15) is 0 Å². The van der Waals surface area contributed by atoms with E-state index in [1.807, 2.05) is 0 Å². The number of anilines is 1. The van der Waals surface area contributed by atoms with Crippen LogP contribution in [0.15, 0.2) is 32.9 Å². The molecule has 0 aliphatic rings. The van der Waals surface area contributed by atoms with E-state index < -0.39 is 10.0 Å². The van der Waals surface area contributed by atoms with Crippen molar-refractivity contribution in [1.82, 2.24) is 0 Å². The summed E-state index contributed by atoms with van der Waals surface area (Å²) in [5.41, 5.74) is 1.10. The van der Waals surface area contributed by atoms with Crippen LogP contribution in [0.2, 0.25) is 0 Å². The molecule has 0 atom stereocenters. The smallest absolute Gasteiger partial charge is 0.271 e. The molecule has 1 aromatic carbocycles. The molecule has 0 saturated heterocycles. The van der Waals surface area contributed by atoms with Crippen molar-refractivity contribution in [3.05, 3.63) is 39.2 Å². The number of benzene rings is 1. The zero-order valence-corrected chi connectivity index (χ0v) is 14.6. The topological polar surface area (TPSA) is 75.6 Å². The quantitative estimate of drug-likeness (QED) is 0.820. The zero-order chi connectivity index (χ0) is 15.6. The molecule has 0 radical (unpaired) electrons. The summed E-state index contributed by atoms with van der Waals surface area (Å²) in [5, 5.41) is 9.17. The first kappa shape index (κ1) is 16.3. The molecule has 114 valence electrons. The largest absolute Gasteiger partial charge is 0.495 e. The summed E-state index contributed by atoms with van der Waals surface area (Å²) in [5.74, 6) is 0.428. The summed E-state index contributed by atoms with van der Waals surface area (Å²) in [6.45, 7) is 1.59. The number of ether oxygens (including phenoxy) is 1. The molecule has 0 spiro atoms. The van der Waals surface area contributed by atoms with Crippen LogP contribution in [0.5, 0.6) is 5.75 Å². The third-order valence-corrected chi connectivity index (χ3v) is 6.37. The number of rotatable bonds is 5. The SMILES string of the molecule is COc1ccc(Br)cc1NS(=O)(=O)c1cc(C)c(CO)s1. The maximum atomic E-state index is 12.4. The van der Waals surface area contributed by atoms with E-state index in [0.29, 0.717) is 16.3 Å². The van der Waals surface area contributed by atoms with E-state index >= 15 is 0 Å². The number of sulfonamides is 1. The summed E-state index contributed by atoms with van der Waals surface area (Å²) in [7, 11) is -2.25. The van der Waals surface area contributed by atoms with Crippen LogP contribution < -0.4 is 9.46 Å². The molecule has 21 heavy (non-hydrogen) atoms. The molecule has 1 heterocycles. The lowest BCUT2D eigenvalue weighted by Gasteiger charge is -2.11. The number of aliphatic hydroxyl groups is 1. The van der Waals surface area contributed by atoms with Gasteiger partial charge < -0.3 is 9.84 Å². The monoisotopic (exact) mass is 391 g/mol. The second-order valence-electron chi connectivity index (χ2n) is 4.28. The predicted molar refractivity (Wildman–Crippen MR) is 86.5 cm³/mol. The fraction of sp³-hybridized carbons (Fsp3) is 0.231. The van der Waals surface area contributed by atoms with E-state index in [-0.39, 0.29) is 10.8 Å². The molecule has 2 N–H and O–H groups in total. The summed E-state index contributed by atoms with van der Waals surface area (Å²) >= 11 is 4.35. The fourth-order valence-electron chi connectivity index (χ4n) is 1.73. The molecule has 8 heteroatoms. The van der Waals surface area contributed by atoms with Gasteiger partial charge in [0.2, 0.25) is 0 Å². The van der Waals surface area contributed by atoms with Gasteiger partial charge in [0.15, 0.2) is 0 Å². The van der Waals surface area contributed by atoms with Gasteiger partial charge in [0.25, 0.3) is 10.0 Å². The van der Waals surface area contributed by atoms with Crippen LogP contribution in [-0.4, -0.2) is 20.6 Å². The van der Waals surface area contributed by atoms with Gasteiger partial charge in [0.1, 0.15) is 9.96 Å². The average Bonchev–Trinajstić information content (AvgIpc) is 2.81. The van der Waals surface area contributed by atoms with Crippen molar-refractivity contribution in [2.75, 3.05) is 11.8 Å². The molecular weight excluding hydrogens is 378 g/mol. The normalized spacial score (nSPS) is 11.4. The number of thiophene rings is 1. The van der Waals surface area contributed by atoms with E-state index in [4.69, 9.17) is 4.74 Å². The molecule has 5 nitrogen and oxygen atoms in total. The maximum Gasteiger partial charge on any atom is 0.271 e. The van der Waals surface area contributed by atoms with Gasteiger partial charge in [0, 0.05) is 9.35 Å². The van der Waals surface area contributed by atoms with Gasteiger partial charge in [-0.3, -0.25) is 4.72 Å². The molecule has 0 aliphatic heterocycles. The Morgan fingerprint density at radius 3 is 2.67 bits per heavy atom. The third-order valence-electron chi connectivity index (χ3n) is 2.81. The molecule has 0 unspecified atom stereocenters. The van der Waals surface area contributed by atoms with E-state index in [1.165, 1.54) is 7.11 Å². The standard InChI is InChI=1S/C13H14BrNO4S2/c1-8-5-13(20-12(8)7-16)21(17,18)15-10-6-9(14)3-4-11(10)19-2/h3-6,15-16H,7H2,1-2H3. The number of nitrogens with one attached hydrogen (secondary N) is 1. The van der Waals surface area contributed by atoms with Gasteiger partial charge in [0.05, 0.1) is 19.4 Å². The molecule has 0 bridgehead atoms. The molecule has 2 rings (SSSR count). The number of methoxy groups -OCH3 is 1. The van der Waals surface area contributed by atoms with E-state index in [2.05, 4.69) is 20.7 Å². The van der Waals surface area contributed by atoms with E-state index in [0.717, 1.165) is 21.4 Å². The van der Waals surface area contributed by atoms with Crippen LogP contribution in [0.25, 0.3) is 0 Å². The van der Waals surface area contributed by atoms with Crippen LogP contribution in [-0.2, 0) is 16.6 Å². The predicted octanol–water partition coefficient (Wildman–Crippen LogP) is 3.12. The van der Waals surface area contributed by atoms with Crippen LogP contribution >= 0.6 is 27.3 Å². The summed E-state index contributed by atoms with van der Waals surface area (Å²) in [6, 6.07) is 6.60. The molecule has 0 amide bonds. The Morgan fingerprint density at radius 2 is 2.10 bits per heavy atom. The van der Waals surface area contributed by atoms with Crippen molar-refractivity contribution in [2.45, 2.75) is 17.7 Å². The van der Waals surface area contributed by atoms with Crippen LogP contribution in [0.3, 0.4) is 0 Å². The minimum Gasteiger partial charge on any atom is -0.495 e. The van der Waals surface area contributed by atoms with Crippen molar-refractivity contribution in [1.29, 1.82) is 0 Å². The Kier molecular flexibility index (Phi) is 4.92. The average molecular weight is 392 g/mol. The minimum absolute atomic E-state index is 0.158. The summed E-state index contributed by atoms with van der Waals surface area (Å²) in [4.78, 5) is 0.636. The maximum absolute atomic E-state index is 12.4. The van der Waals surface area contributed by atoms with E-state index in [9.17, 15) is 13.5 Å². The Bertz CT molecular complexity index is 756. The number of aryl methyl sites for hydroxylation is 1. The first-order valence-electron chi connectivity index (χ1n) is 5.94. The van der Waals surface area contributed by atoms with Crippen LogP contribution in [0.1, 0.15) is 10.4 Å². The van der Waals surface area contributed by atoms with Crippen molar-refractivity contribution in [2.24, 2.45) is 0 Å². The van der Waals surface area contributed by atoms with Crippen LogP contribution in [0.4, 0.5) is 5.69 Å². The molecular formula is C13H14BrNO4S2. The van der Waals surface area contributed by atoms with Crippen molar-refractivity contribution < 1.29 is 18.3 Å². The lowest BCUT2D eigenvalue weighted by atomic mass is 10.3. The summed E-state index contributed by atoms with van der Waals surface area (Å²) in [6.07, 6.45) is 0. The Labute approximate surface area is 135 Å². The third kappa shape index (κ3) is 3.57. The minimum atomic E-state index is -3.72. The van der Waals surface area contributed by atoms with Gasteiger partial charge in [-0.25, -0.2) is 8.42 Å². The van der Waals surface area contributed by atoms with Crippen molar-refractivity contribution in [3.8, 4) is 5.75 Å². The van der Waals surface area contributed by atoms with Crippen LogP contribution in [0, 0.1) is 6.92 Å². The molecule has 0 fully saturated rings. The highest BCUT2D eigenvalue weighted by atomic mass is 79.9. The van der Waals surface area contributed by atoms with Gasteiger partial charge in [-0.05, 0) is 36.8 Å². The molecule has 1 aromatic heterocycles. The van der Waals surface area contributed by atoms with Crippen molar-refractivity contribution >= 4 is 43.0 Å². The Balaban J connectivity index is 2.39. The Morgan fingerprint density at radius 1 is 1.38 bits per heavy atom. The Hall–Kier alpha value is -1.09. The van der Waals surface area contributed by atoms with Crippen molar-refractivity contribution in [3.63, 3.8) is 0 Å². The highest BCUT2D eigenvalue weighted by molar-refractivity contribution is 9.10. The first-order valence-corrected chi connectivity index (χ1v) is 9.03. The second-order valence-corrected chi connectivity index (χ2v) is 8.24. The number of aliphatic hydroxyl groups excluding tert-OH is 1. The summed E-state index contributed by atoms with van der Waals surface area (Å²) < 4.78 is 33.4.